The van der Waals surface area contributed by atoms with E-state index >= 15 is 0 Å². The summed E-state index contributed by atoms with van der Waals surface area (Å²) in [4.78, 5) is 147. The zero-order valence-electron chi connectivity index (χ0n) is 37.2. The second-order valence-corrected chi connectivity index (χ2v) is 17.0. The summed E-state index contributed by atoms with van der Waals surface area (Å²) in [5.41, 5.74) is 7.05. The van der Waals surface area contributed by atoms with Crippen molar-refractivity contribution in [3.63, 3.8) is 0 Å². The minimum atomic E-state index is -4.95. The number of carboxylic acids is 2. The van der Waals surface area contributed by atoms with Crippen molar-refractivity contribution in [2.24, 2.45) is 5.73 Å². The third-order valence-electron chi connectivity index (χ3n) is 10.5. The second-order valence-electron chi connectivity index (χ2n) is 15.9. The SMILES string of the molecule is C[C@H](NC(=O)[C@H](CO)NC(=O)[C@@H](N)Cc1ccccc1)C(=O)N[C@@H](Cc1ccc(OP(=O)(O)O)cc1)C(=O)N1CCC[C@H]1C(=O)N[C@@H](CO)C(=O)N[C@@H](CCC(=O)O)C(=O)N[C@H](C=O)CCC(=O)O. The van der Waals surface area contributed by atoms with Crippen LogP contribution in [0.3, 0.4) is 0 Å². The van der Waals surface area contributed by atoms with Crippen molar-refractivity contribution in [1.29, 1.82) is 0 Å². The summed E-state index contributed by atoms with van der Waals surface area (Å²) in [7, 11) is -4.95. The normalized spacial score (nSPS) is 16.4. The van der Waals surface area contributed by atoms with Crippen LogP contribution in [0.4, 0.5) is 0 Å². The molecule has 2 aromatic carbocycles. The molecule has 8 atom stereocenters. The van der Waals surface area contributed by atoms with Gasteiger partial charge in [-0.2, -0.15) is 0 Å². The molecular formula is C42H57N8O18P. The predicted octanol–water partition coefficient (Wildman–Crippen LogP) is -3.90. The van der Waals surface area contributed by atoms with Crippen molar-refractivity contribution < 1.29 is 87.2 Å². The van der Waals surface area contributed by atoms with Crippen molar-refractivity contribution >= 4 is 67.4 Å². The fraction of sp³-hybridized carbons (Fsp3) is 0.476. The van der Waals surface area contributed by atoms with Crippen LogP contribution in [0.2, 0.25) is 0 Å². The minimum absolute atomic E-state index is 0.00915. The molecule has 0 saturated carbocycles. The zero-order chi connectivity index (χ0) is 51.4. The van der Waals surface area contributed by atoms with Gasteiger partial charge >= 0.3 is 19.8 Å². The van der Waals surface area contributed by atoms with E-state index in [1.807, 2.05) is 0 Å². The number of hydrogen-bond donors (Lipinski definition) is 13. The van der Waals surface area contributed by atoms with Crippen LogP contribution < -0.4 is 42.2 Å². The number of phosphoric ester groups is 1. The van der Waals surface area contributed by atoms with E-state index in [0.717, 1.165) is 10.5 Å². The number of rotatable bonds is 28. The lowest BCUT2D eigenvalue weighted by Crippen LogP contribution is -2.60. The Morgan fingerprint density at radius 1 is 0.710 bits per heavy atom. The molecule has 378 valence electrons. The summed E-state index contributed by atoms with van der Waals surface area (Å²) in [5, 5.41) is 52.2. The standard InChI is InChI=1S/C42H57N8O18P/c1-23(44-39(61)31(21-52)48-37(59)28(43)18-24-6-3-2-4-7-24)36(58)47-30(19-25-9-12-27(13-10-25)68-69(65,66)67)42(64)50-17-5-8-33(50)41(63)49-32(22-53)40(62)46-29(14-16-35(56)57)38(60)45-26(20-51)11-15-34(54)55/h2-4,6-7,9-10,12-13,20,23,26,28-33,52-53H,5,8,11,14-19,21-22,43H2,1H3,(H,44,61)(H,45,60)(H,46,62)(H,47,58)(H,48,59)(H,49,63)(H,54,55)(H,56,57)(H2,65,66,67)/t23-,26-,28-,29-,30-,31-,32-,33-/m0/s1. The molecule has 1 aliphatic heterocycles. The molecule has 1 saturated heterocycles. The molecule has 0 aliphatic carbocycles. The molecule has 0 radical (unpaired) electrons. The van der Waals surface area contributed by atoms with E-state index in [1.165, 1.54) is 31.2 Å². The quantitative estimate of drug-likeness (QED) is 0.0286. The molecule has 1 heterocycles. The number of likely N-dealkylation sites (tertiary alicyclic amines) is 1. The van der Waals surface area contributed by atoms with Gasteiger partial charge in [0.25, 0.3) is 0 Å². The Morgan fingerprint density at radius 3 is 1.83 bits per heavy atom. The number of benzene rings is 2. The number of carbonyl (C=O) groups is 10. The lowest BCUT2D eigenvalue weighted by atomic mass is 10.0. The van der Waals surface area contributed by atoms with Crippen LogP contribution in [0.25, 0.3) is 0 Å². The van der Waals surface area contributed by atoms with Gasteiger partial charge in [-0.05, 0) is 62.3 Å². The molecule has 1 fully saturated rings. The fourth-order valence-corrected chi connectivity index (χ4v) is 7.28. The molecule has 3 rings (SSSR count). The van der Waals surface area contributed by atoms with Gasteiger partial charge in [-0.15, -0.1) is 0 Å². The van der Waals surface area contributed by atoms with Gasteiger partial charge in [0.2, 0.25) is 41.4 Å². The number of aliphatic carboxylic acids is 2. The molecular weight excluding hydrogens is 935 g/mol. The average Bonchev–Trinajstić information content (AvgIpc) is 3.80. The third kappa shape index (κ3) is 19.0. The maximum absolute atomic E-state index is 14.3. The zero-order valence-corrected chi connectivity index (χ0v) is 38.1. The Bertz CT molecular complexity index is 2200. The van der Waals surface area contributed by atoms with Gasteiger partial charge in [-0.1, -0.05) is 42.5 Å². The number of phosphoric acid groups is 1. The Labute approximate surface area is 394 Å². The molecule has 7 amide bonds. The number of amides is 7. The molecule has 69 heavy (non-hydrogen) atoms. The lowest BCUT2D eigenvalue weighted by Gasteiger charge is -2.30. The molecule has 0 aromatic heterocycles. The van der Waals surface area contributed by atoms with E-state index in [2.05, 4.69) is 36.4 Å². The van der Waals surface area contributed by atoms with Crippen molar-refractivity contribution in [2.45, 2.75) is 107 Å². The second kappa shape index (κ2) is 27.2. The molecule has 0 bridgehead atoms. The number of aldehydes is 1. The van der Waals surface area contributed by atoms with Crippen molar-refractivity contribution in [3.8, 4) is 5.75 Å². The number of nitrogens with two attached hydrogens (primary N) is 1. The number of carboxylic acid groups (broad SMARTS) is 2. The molecule has 0 spiro atoms. The maximum atomic E-state index is 14.3. The van der Waals surface area contributed by atoms with Gasteiger partial charge in [0.05, 0.1) is 25.3 Å². The summed E-state index contributed by atoms with van der Waals surface area (Å²) < 4.78 is 15.9. The first-order chi connectivity index (χ1) is 32.5. The van der Waals surface area contributed by atoms with E-state index < -0.39 is 142 Å². The average molecular weight is 993 g/mol. The molecule has 26 nitrogen and oxygen atoms in total. The summed E-state index contributed by atoms with van der Waals surface area (Å²) in [6.07, 6.45) is -1.74. The largest absolute Gasteiger partial charge is 0.524 e. The van der Waals surface area contributed by atoms with Gasteiger partial charge in [-0.3, -0.25) is 52.9 Å². The fourth-order valence-electron chi connectivity index (χ4n) is 6.88. The van der Waals surface area contributed by atoms with Crippen LogP contribution in [0.15, 0.2) is 54.6 Å². The van der Waals surface area contributed by atoms with E-state index in [4.69, 9.17) is 10.8 Å². The van der Waals surface area contributed by atoms with Gasteiger partial charge in [0, 0.05) is 25.8 Å². The van der Waals surface area contributed by atoms with Crippen molar-refractivity contribution in [3.05, 3.63) is 65.7 Å². The van der Waals surface area contributed by atoms with Crippen LogP contribution in [0.1, 0.15) is 56.6 Å². The van der Waals surface area contributed by atoms with Gasteiger partial charge in [0.15, 0.2) is 0 Å². The lowest BCUT2D eigenvalue weighted by molar-refractivity contribution is -0.143. The van der Waals surface area contributed by atoms with E-state index in [1.54, 1.807) is 30.3 Å². The smallest absolute Gasteiger partial charge is 0.481 e. The molecule has 14 N–H and O–H groups in total. The van der Waals surface area contributed by atoms with Crippen LogP contribution in [0.5, 0.6) is 5.75 Å². The molecule has 27 heteroatoms. The minimum Gasteiger partial charge on any atom is -0.481 e. The first kappa shape index (κ1) is 56.5. The Morgan fingerprint density at radius 2 is 1.25 bits per heavy atom. The van der Waals surface area contributed by atoms with E-state index in [9.17, 15) is 77.6 Å². The molecule has 2 aromatic rings. The highest BCUT2D eigenvalue weighted by molar-refractivity contribution is 7.46. The Balaban J connectivity index is 1.79. The topological polar surface area (TPSA) is 420 Å². The van der Waals surface area contributed by atoms with Crippen molar-refractivity contribution in [1.82, 2.24) is 36.8 Å². The van der Waals surface area contributed by atoms with Crippen LogP contribution in [0, 0.1) is 0 Å². The van der Waals surface area contributed by atoms with Crippen molar-refractivity contribution in [2.75, 3.05) is 19.8 Å². The maximum Gasteiger partial charge on any atom is 0.524 e. The number of aliphatic hydroxyl groups excluding tert-OH is 2. The van der Waals surface area contributed by atoms with Crippen LogP contribution in [-0.2, 0) is 65.4 Å². The first-order valence-electron chi connectivity index (χ1n) is 21.4. The summed E-state index contributed by atoms with van der Waals surface area (Å²) in [6, 6.07) is 2.10. The highest BCUT2D eigenvalue weighted by atomic mass is 31.2. The first-order valence-corrected chi connectivity index (χ1v) is 23.0. The summed E-state index contributed by atoms with van der Waals surface area (Å²) in [5.74, 6) is -9.65. The third-order valence-corrected chi connectivity index (χ3v) is 10.9. The predicted molar refractivity (Wildman–Crippen MR) is 237 cm³/mol. The number of aliphatic hydroxyl groups is 2. The highest BCUT2D eigenvalue weighted by Crippen LogP contribution is 2.37. The number of hydrogen-bond acceptors (Lipinski definition) is 15. The summed E-state index contributed by atoms with van der Waals surface area (Å²) >= 11 is 0. The van der Waals surface area contributed by atoms with E-state index in [0.29, 0.717) is 5.56 Å². The number of nitrogens with one attached hydrogen (secondary N) is 6. The van der Waals surface area contributed by atoms with Gasteiger partial charge in [0.1, 0.15) is 48.3 Å². The Hall–Kier alpha value is -6.83. The monoisotopic (exact) mass is 992 g/mol. The van der Waals surface area contributed by atoms with E-state index in [-0.39, 0.29) is 50.7 Å². The molecule has 1 aliphatic rings. The number of carbonyl (C=O) groups excluding carboxylic acids is 8. The Kier molecular flexibility index (Phi) is 22.3. The highest BCUT2D eigenvalue weighted by Gasteiger charge is 2.40. The van der Waals surface area contributed by atoms with Crippen LogP contribution >= 0.6 is 7.82 Å². The van der Waals surface area contributed by atoms with Crippen LogP contribution in [-0.4, -0.2) is 163 Å². The number of nitrogens with zero attached hydrogens (tertiary/aromatic N) is 1. The summed E-state index contributed by atoms with van der Waals surface area (Å²) in [6.45, 7) is -0.778. The van der Waals surface area contributed by atoms with Gasteiger partial charge in [-0.25, -0.2) is 4.57 Å². The van der Waals surface area contributed by atoms with Gasteiger partial charge < -0.3 is 72.3 Å². The molecule has 0 unspecified atom stereocenters.